The number of fused-ring (bicyclic) bond motifs is 1. The van der Waals surface area contributed by atoms with Crippen molar-refractivity contribution in [3.05, 3.63) is 42.5 Å². The molecule has 7 heteroatoms. The van der Waals surface area contributed by atoms with Gasteiger partial charge < -0.3 is 19.5 Å². The molecule has 0 unspecified atom stereocenters. The average Bonchev–Trinajstić information content (AvgIpc) is 3.37. The predicted octanol–water partition coefficient (Wildman–Crippen LogP) is 3.94. The first kappa shape index (κ1) is 19.3. The number of carbonyl (C=O) groups is 1. The molecule has 152 valence electrons. The highest BCUT2D eigenvalue weighted by Gasteiger charge is 2.26. The molecule has 3 aromatic rings. The van der Waals surface area contributed by atoms with Crippen LogP contribution < -0.4 is 14.8 Å². The van der Waals surface area contributed by atoms with E-state index in [1.807, 2.05) is 56.3 Å². The van der Waals surface area contributed by atoms with Crippen LogP contribution in [0.15, 0.2) is 42.5 Å². The molecule has 1 N–H and O–H groups in total. The van der Waals surface area contributed by atoms with E-state index < -0.39 is 6.10 Å². The SMILES string of the molecule is COc1ccc(-n2nc(NC(=O)[C@H]3CCCO3)c3c(OC(C)C)cccc32)cc1. The number of benzene rings is 2. The number of methoxy groups -OCH3 is 1. The van der Waals surface area contributed by atoms with Crippen molar-refractivity contribution in [1.29, 1.82) is 0 Å². The minimum absolute atomic E-state index is 0.00773. The van der Waals surface area contributed by atoms with Crippen LogP contribution in [-0.2, 0) is 9.53 Å². The van der Waals surface area contributed by atoms with Crippen LogP contribution in [0.2, 0.25) is 0 Å². The van der Waals surface area contributed by atoms with Gasteiger partial charge in [-0.05, 0) is 63.1 Å². The summed E-state index contributed by atoms with van der Waals surface area (Å²) in [7, 11) is 1.63. The maximum Gasteiger partial charge on any atom is 0.254 e. The molecule has 2 aromatic carbocycles. The van der Waals surface area contributed by atoms with Gasteiger partial charge in [-0.15, -0.1) is 5.10 Å². The summed E-state index contributed by atoms with van der Waals surface area (Å²) in [5.74, 6) is 1.73. The average molecular weight is 395 g/mol. The molecule has 1 saturated heterocycles. The van der Waals surface area contributed by atoms with Crippen LogP contribution in [0.4, 0.5) is 5.82 Å². The summed E-state index contributed by atoms with van der Waals surface area (Å²) < 4.78 is 18.6. The van der Waals surface area contributed by atoms with Gasteiger partial charge in [-0.1, -0.05) is 6.07 Å². The van der Waals surface area contributed by atoms with Gasteiger partial charge in [0.2, 0.25) is 0 Å². The second-order valence-electron chi connectivity index (χ2n) is 7.27. The van der Waals surface area contributed by atoms with E-state index in [1.54, 1.807) is 11.8 Å². The van der Waals surface area contributed by atoms with E-state index in [9.17, 15) is 4.79 Å². The summed E-state index contributed by atoms with van der Waals surface area (Å²) >= 11 is 0. The first-order valence-electron chi connectivity index (χ1n) is 9.82. The molecule has 2 heterocycles. The van der Waals surface area contributed by atoms with Crippen molar-refractivity contribution in [3.63, 3.8) is 0 Å². The normalized spacial score (nSPS) is 16.3. The fraction of sp³-hybridized carbons (Fsp3) is 0.364. The lowest BCUT2D eigenvalue weighted by atomic mass is 10.2. The molecular weight excluding hydrogens is 370 g/mol. The van der Waals surface area contributed by atoms with Crippen LogP contribution >= 0.6 is 0 Å². The number of hydrogen-bond acceptors (Lipinski definition) is 5. The second-order valence-corrected chi connectivity index (χ2v) is 7.27. The van der Waals surface area contributed by atoms with Crippen LogP contribution in [0.25, 0.3) is 16.6 Å². The van der Waals surface area contributed by atoms with Gasteiger partial charge in [0.25, 0.3) is 5.91 Å². The first-order chi connectivity index (χ1) is 14.1. The minimum Gasteiger partial charge on any atom is -0.497 e. The number of aromatic nitrogens is 2. The Kier molecular flexibility index (Phi) is 5.40. The van der Waals surface area contributed by atoms with E-state index in [-0.39, 0.29) is 12.0 Å². The Morgan fingerprint density at radius 1 is 1.24 bits per heavy atom. The molecule has 0 saturated carbocycles. The second kappa shape index (κ2) is 8.13. The molecule has 0 bridgehead atoms. The Morgan fingerprint density at radius 2 is 2.03 bits per heavy atom. The number of rotatable bonds is 6. The third-order valence-electron chi connectivity index (χ3n) is 4.81. The molecule has 0 radical (unpaired) electrons. The topological polar surface area (TPSA) is 74.6 Å². The lowest BCUT2D eigenvalue weighted by Crippen LogP contribution is -2.27. The summed E-state index contributed by atoms with van der Waals surface area (Å²) in [5, 5.41) is 8.42. The van der Waals surface area contributed by atoms with Gasteiger partial charge >= 0.3 is 0 Å². The lowest BCUT2D eigenvalue weighted by Gasteiger charge is -2.12. The fourth-order valence-corrected chi connectivity index (χ4v) is 3.48. The van der Waals surface area contributed by atoms with Crippen LogP contribution in [0, 0.1) is 0 Å². The van der Waals surface area contributed by atoms with Crippen molar-refractivity contribution < 1.29 is 19.0 Å². The smallest absolute Gasteiger partial charge is 0.254 e. The van der Waals surface area contributed by atoms with Crippen LogP contribution in [-0.4, -0.2) is 41.6 Å². The molecule has 1 amide bonds. The zero-order valence-electron chi connectivity index (χ0n) is 16.8. The Morgan fingerprint density at radius 3 is 2.69 bits per heavy atom. The Hall–Kier alpha value is -3.06. The number of anilines is 1. The molecule has 1 aromatic heterocycles. The van der Waals surface area contributed by atoms with Gasteiger partial charge in [-0.25, -0.2) is 4.68 Å². The van der Waals surface area contributed by atoms with Crippen LogP contribution in [0.1, 0.15) is 26.7 Å². The lowest BCUT2D eigenvalue weighted by molar-refractivity contribution is -0.124. The van der Waals surface area contributed by atoms with Crippen molar-refractivity contribution in [2.45, 2.75) is 38.9 Å². The summed E-state index contributed by atoms with van der Waals surface area (Å²) in [4.78, 5) is 12.7. The molecule has 0 spiro atoms. The van der Waals surface area contributed by atoms with E-state index in [1.165, 1.54) is 0 Å². The van der Waals surface area contributed by atoms with Crippen molar-refractivity contribution in [3.8, 4) is 17.2 Å². The summed E-state index contributed by atoms with van der Waals surface area (Å²) in [6.07, 6.45) is 1.17. The number of nitrogens with one attached hydrogen (secondary N) is 1. The Labute approximate surface area is 169 Å². The number of nitrogens with zero attached hydrogens (tertiary/aromatic N) is 2. The van der Waals surface area contributed by atoms with E-state index in [2.05, 4.69) is 5.32 Å². The van der Waals surface area contributed by atoms with Gasteiger partial charge in [-0.2, -0.15) is 0 Å². The fourth-order valence-electron chi connectivity index (χ4n) is 3.48. The molecule has 4 rings (SSSR count). The minimum atomic E-state index is -0.436. The zero-order chi connectivity index (χ0) is 20.4. The molecule has 1 fully saturated rings. The van der Waals surface area contributed by atoms with Gasteiger partial charge in [0.1, 0.15) is 17.6 Å². The highest BCUT2D eigenvalue weighted by atomic mass is 16.5. The summed E-state index contributed by atoms with van der Waals surface area (Å²) in [6.45, 7) is 4.55. The molecular formula is C22H25N3O4. The van der Waals surface area contributed by atoms with Crippen LogP contribution in [0.3, 0.4) is 0 Å². The number of hydrogen-bond donors (Lipinski definition) is 1. The molecule has 1 aliphatic heterocycles. The highest BCUT2D eigenvalue weighted by Crippen LogP contribution is 2.35. The third kappa shape index (κ3) is 3.91. The Bertz CT molecular complexity index is 1000. The standard InChI is InChI=1S/C22H25N3O4/c1-14(2)29-18-7-4-6-17-20(18)21(23-22(26)19-8-5-13-28-19)24-25(17)15-9-11-16(27-3)12-10-15/h4,6-7,9-12,14,19H,5,8,13H2,1-3H3,(H,23,24,26)/t19-/m1/s1. The summed E-state index contributed by atoms with van der Waals surface area (Å²) in [6, 6.07) is 13.4. The molecule has 0 aliphatic carbocycles. The molecule has 1 atom stereocenters. The molecule has 29 heavy (non-hydrogen) atoms. The monoisotopic (exact) mass is 395 g/mol. The van der Waals surface area contributed by atoms with Crippen molar-refractivity contribution in [2.24, 2.45) is 0 Å². The number of ether oxygens (including phenoxy) is 3. The van der Waals surface area contributed by atoms with Crippen molar-refractivity contribution in [1.82, 2.24) is 9.78 Å². The quantitative estimate of drug-likeness (QED) is 0.684. The van der Waals surface area contributed by atoms with E-state index in [0.29, 0.717) is 18.2 Å². The van der Waals surface area contributed by atoms with Gasteiger partial charge in [0.15, 0.2) is 5.82 Å². The van der Waals surface area contributed by atoms with E-state index in [0.717, 1.165) is 35.2 Å². The number of carbonyl (C=O) groups excluding carboxylic acids is 1. The van der Waals surface area contributed by atoms with Crippen LogP contribution in [0.5, 0.6) is 11.5 Å². The van der Waals surface area contributed by atoms with E-state index >= 15 is 0 Å². The van der Waals surface area contributed by atoms with Crippen molar-refractivity contribution >= 4 is 22.6 Å². The molecule has 1 aliphatic rings. The third-order valence-corrected chi connectivity index (χ3v) is 4.81. The van der Waals surface area contributed by atoms with Gasteiger partial charge in [0.05, 0.1) is 29.8 Å². The predicted molar refractivity (Wildman–Crippen MR) is 111 cm³/mol. The van der Waals surface area contributed by atoms with E-state index in [4.69, 9.17) is 19.3 Å². The zero-order valence-corrected chi connectivity index (χ0v) is 16.8. The largest absolute Gasteiger partial charge is 0.497 e. The maximum absolute atomic E-state index is 12.7. The highest BCUT2D eigenvalue weighted by molar-refractivity contribution is 6.04. The maximum atomic E-state index is 12.7. The van der Waals surface area contributed by atoms with Gasteiger partial charge in [-0.3, -0.25) is 4.79 Å². The first-order valence-corrected chi connectivity index (χ1v) is 9.82. The Balaban J connectivity index is 1.80. The number of amides is 1. The summed E-state index contributed by atoms with van der Waals surface area (Å²) in [5.41, 5.74) is 1.70. The van der Waals surface area contributed by atoms with Crippen molar-refractivity contribution in [2.75, 3.05) is 19.0 Å². The molecule has 7 nitrogen and oxygen atoms in total. The van der Waals surface area contributed by atoms with Gasteiger partial charge in [0, 0.05) is 6.61 Å².